The average Bonchev–Trinajstić information content (AvgIpc) is 3.19. The fourth-order valence-electron chi connectivity index (χ4n) is 2.91. The van der Waals surface area contributed by atoms with Crippen molar-refractivity contribution in [3.05, 3.63) is 90.2 Å². The van der Waals surface area contributed by atoms with Crippen molar-refractivity contribution in [3.63, 3.8) is 0 Å². The molecule has 31 heavy (non-hydrogen) atoms. The number of hydrogen-bond donors (Lipinski definition) is 3. The second-order valence-corrected chi connectivity index (χ2v) is 7.35. The van der Waals surface area contributed by atoms with Crippen molar-refractivity contribution in [2.75, 3.05) is 5.32 Å². The summed E-state index contributed by atoms with van der Waals surface area (Å²) in [5.74, 6) is -0.720. The Bertz CT molecular complexity index is 1220. The van der Waals surface area contributed by atoms with Crippen molar-refractivity contribution in [2.45, 2.75) is 5.16 Å². The molecule has 154 valence electrons. The molecular weight excluding hydrogens is 415 g/mol. The van der Waals surface area contributed by atoms with E-state index in [0.29, 0.717) is 22.4 Å². The number of aromatic amines is 1. The van der Waals surface area contributed by atoms with E-state index in [2.05, 4.69) is 20.3 Å². The number of aliphatic carboxylic acids is 1. The standard InChI is InChI=1S/C23H17FN4O2S/c24-17-8-6-15(7-9-17)21-22(28-23(27-21)31-13-11-20(29)30)16-10-12-25-19(14-16)26-18-4-2-1-3-5-18/h1-14H,(H,25,26)(H,27,28)(H,29,30)/b13-11-. The van der Waals surface area contributed by atoms with E-state index in [0.717, 1.165) is 34.7 Å². The van der Waals surface area contributed by atoms with Gasteiger partial charge in [-0.05, 0) is 53.9 Å². The minimum Gasteiger partial charge on any atom is -0.478 e. The van der Waals surface area contributed by atoms with Gasteiger partial charge in [0.1, 0.15) is 11.6 Å². The lowest BCUT2D eigenvalue weighted by Crippen LogP contribution is -1.94. The molecule has 4 rings (SSSR count). The summed E-state index contributed by atoms with van der Waals surface area (Å²) in [7, 11) is 0. The van der Waals surface area contributed by atoms with E-state index < -0.39 is 5.97 Å². The van der Waals surface area contributed by atoms with Crippen LogP contribution in [0.2, 0.25) is 0 Å². The van der Waals surface area contributed by atoms with E-state index >= 15 is 0 Å². The smallest absolute Gasteiger partial charge is 0.328 e. The zero-order valence-corrected chi connectivity index (χ0v) is 16.9. The van der Waals surface area contributed by atoms with Gasteiger partial charge >= 0.3 is 5.97 Å². The fourth-order valence-corrected chi connectivity index (χ4v) is 3.53. The summed E-state index contributed by atoms with van der Waals surface area (Å²) in [5, 5.41) is 14.0. The van der Waals surface area contributed by atoms with Gasteiger partial charge < -0.3 is 15.4 Å². The first-order valence-electron chi connectivity index (χ1n) is 9.29. The van der Waals surface area contributed by atoms with Crippen LogP contribution in [0.25, 0.3) is 22.5 Å². The lowest BCUT2D eigenvalue weighted by Gasteiger charge is -2.08. The minimum absolute atomic E-state index is 0.331. The number of rotatable bonds is 7. The summed E-state index contributed by atoms with van der Waals surface area (Å²) in [6.45, 7) is 0. The van der Waals surface area contributed by atoms with E-state index in [9.17, 15) is 9.18 Å². The highest BCUT2D eigenvalue weighted by Gasteiger charge is 2.15. The Balaban J connectivity index is 1.72. The fraction of sp³-hybridized carbons (Fsp3) is 0. The van der Waals surface area contributed by atoms with Crippen molar-refractivity contribution in [3.8, 4) is 22.5 Å². The van der Waals surface area contributed by atoms with Crippen molar-refractivity contribution in [2.24, 2.45) is 0 Å². The molecule has 0 amide bonds. The largest absolute Gasteiger partial charge is 0.478 e. The van der Waals surface area contributed by atoms with Gasteiger partial charge in [0, 0.05) is 29.1 Å². The third kappa shape index (κ3) is 5.18. The number of thioether (sulfide) groups is 1. The van der Waals surface area contributed by atoms with E-state index in [-0.39, 0.29) is 5.82 Å². The number of para-hydroxylation sites is 1. The zero-order valence-electron chi connectivity index (χ0n) is 16.1. The zero-order chi connectivity index (χ0) is 21.6. The van der Waals surface area contributed by atoms with E-state index in [1.807, 2.05) is 42.5 Å². The van der Waals surface area contributed by atoms with Crippen LogP contribution in [0.3, 0.4) is 0 Å². The number of nitrogens with zero attached hydrogens (tertiary/aromatic N) is 2. The highest BCUT2D eigenvalue weighted by atomic mass is 32.2. The molecule has 0 bridgehead atoms. The molecule has 2 aromatic heterocycles. The summed E-state index contributed by atoms with van der Waals surface area (Å²) in [6, 6.07) is 19.5. The molecule has 0 saturated heterocycles. The molecule has 0 spiro atoms. The summed E-state index contributed by atoms with van der Waals surface area (Å²) in [6.07, 6.45) is 2.72. The topological polar surface area (TPSA) is 90.9 Å². The van der Waals surface area contributed by atoms with Gasteiger partial charge in [0.15, 0.2) is 5.16 Å². The van der Waals surface area contributed by atoms with Gasteiger partial charge in [-0.25, -0.2) is 19.2 Å². The van der Waals surface area contributed by atoms with Gasteiger partial charge in [-0.1, -0.05) is 30.0 Å². The van der Waals surface area contributed by atoms with Crippen LogP contribution in [0.5, 0.6) is 0 Å². The molecule has 4 aromatic rings. The maximum atomic E-state index is 13.4. The molecule has 0 aliphatic carbocycles. The molecule has 0 atom stereocenters. The number of aromatic nitrogens is 3. The number of imidazole rings is 1. The highest BCUT2D eigenvalue weighted by molar-refractivity contribution is 8.02. The lowest BCUT2D eigenvalue weighted by atomic mass is 10.1. The number of benzene rings is 2. The van der Waals surface area contributed by atoms with Gasteiger partial charge in [-0.15, -0.1) is 0 Å². The number of carboxylic acids is 1. The Morgan fingerprint density at radius 2 is 1.84 bits per heavy atom. The van der Waals surface area contributed by atoms with Crippen molar-refractivity contribution in [1.82, 2.24) is 15.0 Å². The van der Waals surface area contributed by atoms with Crippen LogP contribution in [-0.4, -0.2) is 26.0 Å². The Labute approximate surface area is 181 Å². The van der Waals surface area contributed by atoms with Gasteiger partial charge in [0.2, 0.25) is 0 Å². The quantitative estimate of drug-likeness (QED) is 0.256. The SMILES string of the molecule is O=C(O)/C=C\Sc1nc(-c2ccnc(Nc3ccccc3)c2)c(-c2ccc(F)cc2)[nH]1. The van der Waals surface area contributed by atoms with Gasteiger partial charge in [-0.3, -0.25) is 0 Å². The van der Waals surface area contributed by atoms with Crippen LogP contribution in [-0.2, 0) is 4.79 Å². The molecule has 3 N–H and O–H groups in total. The summed E-state index contributed by atoms with van der Waals surface area (Å²) >= 11 is 1.15. The average molecular weight is 432 g/mol. The number of carboxylic acid groups (broad SMARTS) is 1. The van der Waals surface area contributed by atoms with Gasteiger partial charge in [0.25, 0.3) is 0 Å². The molecule has 0 radical (unpaired) electrons. The number of carbonyl (C=O) groups is 1. The molecule has 2 aromatic carbocycles. The maximum absolute atomic E-state index is 13.4. The number of nitrogens with one attached hydrogen (secondary N) is 2. The Hall–Kier alpha value is -3.91. The van der Waals surface area contributed by atoms with E-state index in [1.165, 1.54) is 17.5 Å². The van der Waals surface area contributed by atoms with Crippen LogP contribution < -0.4 is 5.32 Å². The van der Waals surface area contributed by atoms with Crippen LogP contribution >= 0.6 is 11.8 Å². The number of pyridine rings is 1. The Kier molecular flexibility index (Phi) is 6.09. The maximum Gasteiger partial charge on any atom is 0.328 e. The molecule has 2 heterocycles. The number of hydrogen-bond acceptors (Lipinski definition) is 5. The van der Waals surface area contributed by atoms with E-state index in [4.69, 9.17) is 5.11 Å². The molecule has 0 unspecified atom stereocenters. The Morgan fingerprint density at radius 1 is 1.06 bits per heavy atom. The molecule has 0 aliphatic heterocycles. The lowest BCUT2D eigenvalue weighted by molar-refractivity contribution is -0.131. The van der Waals surface area contributed by atoms with Crippen LogP contribution in [0.15, 0.2) is 89.6 Å². The third-order valence-electron chi connectivity index (χ3n) is 4.28. The first-order chi connectivity index (χ1) is 15.1. The molecule has 8 heteroatoms. The third-order valence-corrected chi connectivity index (χ3v) is 4.97. The number of halogens is 1. The molecule has 0 fully saturated rings. The van der Waals surface area contributed by atoms with Crippen LogP contribution in [0, 0.1) is 5.82 Å². The van der Waals surface area contributed by atoms with Crippen LogP contribution in [0.4, 0.5) is 15.9 Å². The van der Waals surface area contributed by atoms with Gasteiger partial charge in [0.05, 0.1) is 11.4 Å². The second-order valence-electron chi connectivity index (χ2n) is 6.45. The highest BCUT2D eigenvalue weighted by Crippen LogP contribution is 2.34. The number of H-pyrrole nitrogens is 1. The first kappa shape index (κ1) is 20.4. The second kappa shape index (κ2) is 9.27. The predicted molar refractivity (Wildman–Crippen MR) is 120 cm³/mol. The summed E-state index contributed by atoms with van der Waals surface area (Å²) in [5.41, 5.74) is 3.81. The summed E-state index contributed by atoms with van der Waals surface area (Å²) < 4.78 is 13.4. The van der Waals surface area contributed by atoms with Crippen molar-refractivity contribution >= 4 is 29.2 Å². The van der Waals surface area contributed by atoms with Crippen molar-refractivity contribution in [1.29, 1.82) is 0 Å². The van der Waals surface area contributed by atoms with Crippen molar-refractivity contribution < 1.29 is 14.3 Å². The summed E-state index contributed by atoms with van der Waals surface area (Å²) in [4.78, 5) is 23.0. The van der Waals surface area contributed by atoms with Crippen LogP contribution in [0.1, 0.15) is 0 Å². The molecule has 0 aliphatic rings. The van der Waals surface area contributed by atoms with E-state index in [1.54, 1.807) is 18.3 Å². The van der Waals surface area contributed by atoms with Gasteiger partial charge in [-0.2, -0.15) is 0 Å². The molecule has 0 saturated carbocycles. The Morgan fingerprint density at radius 3 is 2.58 bits per heavy atom. The normalized spacial score (nSPS) is 11.0. The monoisotopic (exact) mass is 432 g/mol. The minimum atomic E-state index is -1.04. The molecule has 6 nitrogen and oxygen atoms in total. The molecular formula is C23H17FN4O2S. The first-order valence-corrected chi connectivity index (χ1v) is 10.2. The predicted octanol–water partition coefficient (Wildman–Crippen LogP) is 5.71. The number of anilines is 2.